The molecule has 3 aromatic rings. The first-order chi connectivity index (χ1) is 17.5. The number of hydrazine groups is 1. The van der Waals surface area contributed by atoms with E-state index in [1.807, 2.05) is 11.1 Å². The molecule has 2 aromatic heterocycles. The van der Waals surface area contributed by atoms with E-state index in [0.717, 1.165) is 36.1 Å². The number of rotatable bonds is 6. The van der Waals surface area contributed by atoms with Crippen molar-refractivity contribution in [3.63, 3.8) is 0 Å². The number of hydrogen-bond acceptors (Lipinski definition) is 3. The minimum absolute atomic E-state index is 0.0883. The van der Waals surface area contributed by atoms with Gasteiger partial charge in [-0.05, 0) is 0 Å². The van der Waals surface area contributed by atoms with Gasteiger partial charge in [0.1, 0.15) is 0 Å². The molecule has 1 N–H and O–H groups in total. The number of piperidine rings is 1. The van der Waals surface area contributed by atoms with Crippen LogP contribution in [0.4, 0.5) is 0 Å². The van der Waals surface area contributed by atoms with Crippen molar-refractivity contribution in [2.75, 3.05) is 13.1 Å². The fourth-order valence-corrected chi connectivity index (χ4v) is 8.35. The van der Waals surface area contributed by atoms with Gasteiger partial charge in [0.15, 0.2) is 0 Å². The molecular formula is C27H29BrCl2N4OSe. The van der Waals surface area contributed by atoms with Crippen molar-refractivity contribution >= 4 is 65.6 Å². The van der Waals surface area contributed by atoms with Gasteiger partial charge in [-0.3, -0.25) is 0 Å². The normalized spacial score (nSPS) is 17.6. The number of amides is 1. The fourth-order valence-electron chi connectivity index (χ4n) is 4.91. The Hall–Kier alpha value is -1.34. The van der Waals surface area contributed by atoms with E-state index in [-0.39, 0.29) is 20.4 Å². The number of nitrogens with one attached hydrogen (secondary N) is 1. The molecule has 0 bridgehead atoms. The van der Waals surface area contributed by atoms with Gasteiger partial charge >= 0.3 is 238 Å². The summed E-state index contributed by atoms with van der Waals surface area (Å²) in [5.74, 6) is 0.472. The summed E-state index contributed by atoms with van der Waals surface area (Å²) in [6.45, 7) is 1.71. The number of halogens is 3. The quantitative estimate of drug-likeness (QED) is 0.282. The summed E-state index contributed by atoms with van der Waals surface area (Å²) in [6.07, 6.45) is 14.7. The van der Waals surface area contributed by atoms with Crippen LogP contribution in [0.5, 0.6) is 0 Å². The molecule has 0 spiro atoms. The van der Waals surface area contributed by atoms with Crippen LogP contribution in [0, 0.1) is 5.92 Å². The van der Waals surface area contributed by atoms with Gasteiger partial charge in [0.25, 0.3) is 0 Å². The third-order valence-corrected chi connectivity index (χ3v) is 10.3. The standard InChI is InChI=1S/C27H29BrCl2N4OSe/c28-24-25(27(35)32-33-15-5-2-6-16-33)31-34(22-13-10-19(29)17-21(22)30)26(24)23-14-12-20(36-23)11-9-18-7-3-1-4-8-18/h9-14,17-18H,1-8,15-16H2,(H,32,35). The molecule has 0 radical (unpaired) electrons. The first-order valence-electron chi connectivity index (χ1n) is 12.6. The number of carbonyl (C=O) groups excluding carboxylic acids is 1. The Bertz CT molecular complexity index is 1260. The van der Waals surface area contributed by atoms with Gasteiger partial charge in [0, 0.05) is 0 Å². The second-order valence-corrected chi connectivity index (χ2v) is 13.4. The van der Waals surface area contributed by atoms with Crippen molar-refractivity contribution < 1.29 is 4.79 Å². The minimum atomic E-state index is -0.217. The number of hydrogen-bond donors (Lipinski definition) is 1. The van der Waals surface area contributed by atoms with Gasteiger partial charge in [0.2, 0.25) is 0 Å². The van der Waals surface area contributed by atoms with E-state index in [0.29, 0.717) is 31.8 Å². The van der Waals surface area contributed by atoms with Crippen molar-refractivity contribution in [2.24, 2.45) is 5.92 Å². The van der Waals surface area contributed by atoms with Crippen molar-refractivity contribution in [1.82, 2.24) is 20.2 Å². The second kappa shape index (κ2) is 12.0. The van der Waals surface area contributed by atoms with Gasteiger partial charge in [-0.2, -0.15) is 0 Å². The Labute approximate surface area is 236 Å². The van der Waals surface area contributed by atoms with E-state index in [1.165, 1.54) is 43.0 Å². The van der Waals surface area contributed by atoms with Gasteiger partial charge < -0.3 is 0 Å². The van der Waals surface area contributed by atoms with E-state index in [1.54, 1.807) is 16.8 Å². The summed E-state index contributed by atoms with van der Waals surface area (Å²) in [5, 5.41) is 7.78. The van der Waals surface area contributed by atoms with Crippen LogP contribution in [-0.2, 0) is 0 Å². The van der Waals surface area contributed by atoms with Crippen LogP contribution in [-0.4, -0.2) is 48.3 Å². The molecule has 36 heavy (non-hydrogen) atoms. The van der Waals surface area contributed by atoms with Crippen LogP contribution in [0.2, 0.25) is 10.0 Å². The Balaban J connectivity index is 1.50. The molecule has 5 nitrogen and oxygen atoms in total. The SMILES string of the molecule is O=C(NN1CCCCC1)c1nn(-c2ccc(Cl)cc2Cl)c(-c2ccc(C=CC3CCCCC3)[se]2)c1Br. The molecule has 1 aliphatic heterocycles. The van der Waals surface area contributed by atoms with Crippen LogP contribution in [0.15, 0.2) is 40.9 Å². The summed E-state index contributed by atoms with van der Waals surface area (Å²) in [4.78, 5) is 13.3. The molecule has 2 aliphatic rings. The zero-order valence-electron chi connectivity index (χ0n) is 20.0. The number of nitrogens with zero attached hydrogens (tertiary/aromatic N) is 3. The molecule has 9 heteroatoms. The molecule has 190 valence electrons. The Morgan fingerprint density at radius 2 is 1.81 bits per heavy atom. The molecule has 1 saturated carbocycles. The van der Waals surface area contributed by atoms with E-state index in [2.05, 4.69) is 45.6 Å². The topological polar surface area (TPSA) is 50.2 Å². The maximum atomic E-state index is 13.3. The van der Waals surface area contributed by atoms with E-state index >= 15 is 0 Å². The van der Waals surface area contributed by atoms with Crippen molar-refractivity contribution in [2.45, 2.75) is 51.4 Å². The zero-order chi connectivity index (χ0) is 25.1. The Morgan fingerprint density at radius 1 is 1.06 bits per heavy atom. The third-order valence-electron chi connectivity index (χ3n) is 6.84. The number of carbonyl (C=O) groups is 1. The summed E-state index contributed by atoms with van der Waals surface area (Å²) in [7, 11) is 0. The monoisotopic (exact) mass is 654 g/mol. The summed E-state index contributed by atoms with van der Waals surface area (Å²) >= 11 is 16.6. The maximum absolute atomic E-state index is 13.3. The van der Waals surface area contributed by atoms with Crippen LogP contribution in [0.25, 0.3) is 21.9 Å². The van der Waals surface area contributed by atoms with Crippen molar-refractivity contribution in [1.29, 1.82) is 0 Å². The molecular weight excluding hydrogens is 626 g/mol. The van der Waals surface area contributed by atoms with E-state index in [4.69, 9.17) is 28.3 Å². The van der Waals surface area contributed by atoms with E-state index in [9.17, 15) is 4.79 Å². The predicted octanol–water partition coefficient (Wildman–Crippen LogP) is 7.39. The Kier molecular flexibility index (Phi) is 8.77. The molecule has 5 rings (SSSR count). The molecule has 3 heterocycles. The molecule has 1 saturated heterocycles. The Morgan fingerprint density at radius 3 is 2.56 bits per heavy atom. The van der Waals surface area contributed by atoms with Gasteiger partial charge in [-0.1, -0.05) is 0 Å². The summed E-state index contributed by atoms with van der Waals surface area (Å²) < 4.78 is 4.93. The second-order valence-electron chi connectivity index (χ2n) is 9.47. The van der Waals surface area contributed by atoms with Gasteiger partial charge in [-0.25, -0.2) is 0 Å². The zero-order valence-corrected chi connectivity index (χ0v) is 24.8. The number of aromatic nitrogens is 2. The molecule has 0 unspecified atom stereocenters. The first kappa shape index (κ1) is 26.3. The molecule has 1 amide bonds. The van der Waals surface area contributed by atoms with Crippen molar-refractivity contribution in [3.8, 4) is 15.8 Å². The van der Waals surface area contributed by atoms with Crippen molar-refractivity contribution in [3.05, 3.63) is 61.1 Å². The fraction of sp³-hybridized carbons (Fsp3) is 0.407. The van der Waals surface area contributed by atoms with Crippen LogP contribution < -0.4 is 5.43 Å². The predicted molar refractivity (Wildman–Crippen MR) is 152 cm³/mol. The number of benzene rings is 1. The van der Waals surface area contributed by atoms with Gasteiger partial charge in [-0.15, -0.1) is 0 Å². The average Bonchev–Trinajstić information content (AvgIpc) is 3.48. The number of allylic oxidation sites excluding steroid dienone is 1. The van der Waals surface area contributed by atoms with Crippen LogP contribution >= 0.6 is 39.1 Å². The van der Waals surface area contributed by atoms with Crippen LogP contribution in [0.3, 0.4) is 0 Å². The van der Waals surface area contributed by atoms with Gasteiger partial charge in [0.05, 0.1) is 0 Å². The third kappa shape index (κ3) is 6.03. The summed E-state index contributed by atoms with van der Waals surface area (Å²) in [6, 6.07) is 9.68. The molecule has 1 aromatic carbocycles. The molecule has 1 aliphatic carbocycles. The van der Waals surface area contributed by atoms with Crippen LogP contribution in [0.1, 0.15) is 66.3 Å². The first-order valence-corrected chi connectivity index (χ1v) is 15.8. The molecule has 2 fully saturated rings. The van der Waals surface area contributed by atoms with E-state index < -0.39 is 0 Å². The molecule has 0 atom stereocenters. The summed E-state index contributed by atoms with van der Waals surface area (Å²) in [5.41, 5.74) is 4.95. The average molecular weight is 655 g/mol.